The molecule has 4 aromatic rings. The first-order valence-corrected chi connectivity index (χ1v) is 11.3. The van der Waals surface area contributed by atoms with Crippen LogP contribution in [0.1, 0.15) is 28.7 Å². The zero-order valence-corrected chi connectivity index (χ0v) is 19.3. The van der Waals surface area contributed by atoms with Crippen molar-refractivity contribution in [2.45, 2.75) is 33.4 Å². The van der Waals surface area contributed by atoms with Crippen LogP contribution in [0.2, 0.25) is 0 Å². The van der Waals surface area contributed by atoms with Crippen LogP contribution >= 0.6 is 0 Å². The molecule has 0 bridgehead atoms. The molecular formula is C27H30N6. The Bertz CT molecular complexity index is 1100. The largest absolute Gasteiger partial charge is 0.313 e. The Kier molecular flexibility index (Phi) is 7.85. The van der Waals surface area contributed by atoms with E-state index in [2.05, 4.69) is 80.8 Å². The summed E-state index contributed by atoms with van der Waals surface area (Å²) in [5, 5.41) is 7.04. The molecule has 6 nitrogen and oxygen atoms in total. The molecule has 4 rings (SSSR count). The van der Waals surface area contributed by atoms with Gasteiger partial charge in [-0.2, -0.15) is 0 Å². The molecule has 0 saturated carbocycles. The molecule has 33 heavy (non-hydrogen) atoms. The SMILES string of the molecule is Cc1ccnc(-c2cc(CNCCCNCc3ccnc(-c4cc(C)ccn4)c3)ccn2)c1. The van der Waals surface area contributed by atoms with Gasteiger partial charge in [-0.1, -0.05) is 0 Å². The second-order valence-electron chi connectivity index (χ2n) is 8.24. The lowest BCUT2D eigenvalue weighted by atomic mass is 10.1. The van der Waals surface area contributed by atoms with Crippen LogP contribution in [0.25, 0.3) is 22.8 Å². The maximum absolute atomic E-state index is 4.47. The van der Waals surface area contributed by atoms with Gasteiger partial charge in [0.15, 0.2) is 0 Å². The van der Waals surface area contributed by atoms with Crippen LogP contribution in [0.4, 0.5) is 0 Å². The summed E-state index contributed by atoms with van der Waals surface area (Å²) in [6, 6.07) is 16.4. The fourth-order valence-corrected chi connectivity index (χ4v) is 3.60. The van der Waals surface area contributed by atoms with Crippen molar-refractivity contribution < 1.29 is 0 Å². The number of aryl methyl sites for hydroxylation is 2. The number of pyridine rings is 4. The van der Waals surface area contributed by atoms with Crippen molar-refractivity contribution in [3.05, 3.63) is 95.6 Å². The van der Waals surface area contributed by atoms with Crippen molar-refractivity contribution in [2.75, 3.05) is 13.1 Å². The molecule has 0 aliphatic heterocycles. The monoisotopic (exact) mass is 438 g/mol. The molecule has 4 aromatic heterocycles. The molecule has 0 radical (unpaired) electrons. The van der Waals surface area contributed by atoms with E-state index in [1.807, 2.05) is 36.9 Å². The first-order chi connectivity index (χ1) is 16.2. The Morgan fingerprint density at radius 1 is 0.545 bits per heavy atom. The summed E-state index contributed by atoms with van der Waals surface area (Å²) in [6.07, 6.45) is 8.42. The van der Waals surface area contributed by atoms with Crippen molar-refractivity contribution in [2.24, 2.45) is 0 Å². The summed E-state index contributed by atoms with van der Waals surface area (Å²) in [5.74, 6) is 0. The highest BCUT2D eigenvalue weighted by Crippen LogP contribution is 2.17. The van der Waals surface area contributed by atoms with E-state index in [-0.39, 0.29) is 0 Å². The second kappa shape index (κ2) is 11.4. The third kappa shape index (κ3) is 6.75. The molecule has 0 atom stereocenters. The van der Waals surface area contributed by atoms with Crippen LogP contribution in [0.5, 0.6) is 0 Å². The molecule has 0 fully saturated rings. The molecule has 6 heteroatoms. The summed E-state index contributed by atoms with van der Waals surface area (Å²) < 4.78 is 0. The van der Waals surface area contributed by atoms with E-state index in [0.717, 1.165) is 55.4 Å². The summed E-state index contributed by atoms with van der Waals surface area (Å²) in [4.78, 5) is 17.8. The minimum absolute atomic E-state index is 0.818. The lowest BCUT2D eigenvalue weighted by molar-refractivity contribution is 0.595. The first-order valence-electron chi connectivity index (χ1n) is 11.3. The van der Waals surface area contributed by atoms with Crippen molar-refractivity contribution in [1.82, 2.24) is 30.6 Å². The smallest absolute Gasteiger partial charge is 0.0889 e. The molecule has 0 aliphatic carbocycles. The van der Waals surface area contributed by atoms with E-state index in [1.165, 1.54) is 22.3 Å². The van der Waals surface area contributed by atoms with Gasteiger partial charge in [0.05, 0.1) is 22.8 Å². The van der Waals surface area contributed by atoms with Crippen LogP contribution in [-0.4, -0.2) is 33.0 Å². The number of rotatable bonds is 10. The fraction of sp³-hybridized carbons (Fsp3) is 0.259. The van der Waals surface area contributed by atoms with E-state index < -0.39 is 0 Å². The molecular weight excluding hydrogens is 408 g/mol. The van der Waals surface area contributed by atoms with E-state index in [1.54, 1.807) is 0 Å². The van der Waals surface area contributed by atoms with Crippen LogP contribution in [0.3, 0.4) is 0 Å². The highest BCUT2D eigenvalue weighted by Gasteiger charge is 2.04. The molecule has 0 amide bonds. The van der Waals surface area contributed by atoms with Gasteiger partial charge < -0.3 is 10.6 Å². The highest BCUT2D eigenvalue weighted by atomic mass is 14.9. The van der Waals surface area contributed by atoms with Gasteiger partial charge in [-0.25, -0.2) is 0 Å². The third-order valence-electron chi connectivity index (χ3n) is 5.37. The zero-order chi connectivity index (χ0) is 22.9. The molecule has 0 spiro atoms. The minimum Gasteiger partial charge on any atom is -0.313 e. The summed E-state index contributed by atoms with van der Waals surface area (Å²) in [7, 11) is 0. The van der Waals surface area contributed by atoms with Gasteiger partial charge in [0, 0.05) is 37.9 Å². The predicted octanol–water partition coefficient (Wildman–Crippen LogP) is 4.49. The molecule has 168 valence electrons. The minimum atomic E-state index is 0.818. The molecule has 0 aromatic carbocycles. The van der Waals surface area contributed by atoms with Crippen LogP contribution in [0.15, 0.2) is 73.3 Å². The number of nitrogens with zero attached hydrogens (tertiary/aromatic N) is 4. The predicted molar refractivity (Wildman–Crippen MR) is 132 cm³/mol. The molecule has 2 N–H and O–H groups in total. The summed E-state index contributed by atoms with van der Waals surface area (Å²) >= 11 is 0. The van der Waals surface area contributed by atoms with Gasteiger partial charge in [0.25, 0.3) is 0 Å². The number of hydrogen-bond donors (Lipinski definition) is 2. The molecule has 0 saturated heterocycles. The lowest BCUT2D eigenvalue weighted by Gasteiger charge is -2.09. The van der Waals surface area contributed by atoms with E-state index in [0.29, 0.717) is 0 Å². The maximum Gasteiger partial charge on any atom is 0.0889 e. The van der Waals surface area contributed by atoms with Crippen molar-refractivity contribution >= 4 is 0 Å². The zero-order valence-electron chi connectivity index (χ0n) is 19.3. The Labute approximate surface area is 195 Å². The van der Waals surface area contributed by atoms with Crippen molar-refractivity contribution in [1.29, 1.82) is 0 Å². The first kappa shape index (κ1) is 22.7. The van der Waals surface area contributed by atoms with Gasteiger partial charge >= 0.3 is 0 Å². The van der Waals surface area contributed by atoms with Gasteiger partial charge in [-0.3, -0.25) is 19.9 Å². The van der Waals surface area contributed by atoms with Crippen LogP contribution in [0, 0.1) is 13.8 Å². The van der Waals surface area contributed by atoms with E-state index in [9.17, 15) is 0 Å². The standard InChI is InChI=1S/C27H30N6/c1-20-4-10-30-24(14-20)26-16-22(6-12-32-26)18-28-8-3-9-29-19-23-7-13-33-27(17-23)25-15-21(2)5-11-31-25/h4-7,10-17,28-29H,3,8-9,18-19H2,1-2H3. The topological polar surface area (TPSA) is 75.6 Å². The average molecular weight is 439 g/mol. The van der Waals surface area contributed by atoms with Gasteiger partial charge in [-0.05, 0) is 104 Å². The van der Waals surface area contributed by atoms with Crippen molar-refractivity contribution in [3.63, 3.8) is 0 Å². The number of aromatic nitrogens is 4. The Morgan fingerprint density at radius 2 is 0.939 bits per heavy atom. The quantitative estimate of drug-likeness (QED) is 0.356. The van der Waals surface area contributed by atoms with Gasteiger partial charge in [-0.15, -0.1) is 0 Å². The lowest BCUT2D eigenvalue weighted by Crippen LogP contribution is -2.21. The Hall–Kier alpha value is -3.48. The Morgan fingerprint density at radius 3 is 1.36 bits per heavy atom. The summed E-state index contributed by atoms with van der Waals surface area (Å²) in [6.45, 7) is 7.67. The van der Waals surface area contributed by atoms with Gasteiger partial charge in [0.2, 0.25) is 0 Å². The summed E-state index contributed by atoms with van der Waals surface area (Å²) in [5.41, 5.74) is 8.46. The second-order valence-corrected chi connectivity index (χ2v) is 8.24. The van der Waals surface area contributed by atoms with Crippen molar-refractivity contribution in [3.8, 4) is 22.8 Å². The average Bonchev–Trinajstić information content (AvgIpc) is 2.84. The molecule has 0 unspecified atom stereocenters. The normalized spacial score (nSPS) is 11.0. The number of hydrogen-bond acceptors (Lipinski definition) is 6. The van der Waals surface area contributed by atoms with Crippen LogP contribution < -0.4 is 10.6 Å². The van der Waals surface area contributed by atoms with E-state index >= 15 is 0 Å². The molecule has 0 aliphatic rings. The number of nitrogens with one attached hydrogen (secondary N) is 2. The Balaban J connectivity index is 1.18. The highest BCUT2D eigenvalue weighted by molar-refractivity contribution is 5.56. The third-order valence-corrected chi connectivity index (χ3v) is 5.37. The maximum atomic E-state index is 4.47. The molecule has 4 heterocycles. The fourth-order valence-electron chi connectivity index (χ4n) is 3.60. The van der Waals surface area contributed by atoms with Gasteiger partial charge in [0.1, 0.15) is 0 Å². The van der Waals surface area contributed by atoms with E-state index in [4.69, 9.17) is 0 Å². The van der Waals surface area contributed by atoms with Crippen LogP contribution in [-0.2, 0) is 13.1 Å².